The van der Waals surface area contributed by atoms with E-state index in [2.05, 4.69) is 9.71 Å². The van der Waals surface area contributed by atoms with Crippen molar-refractivity contribution in [2.45, 2.75) is 29.8 Å². The Labute approximate surface area is 163 Å². The van der Waals surface area contributed by atoms with E-state index in [1.807, 2.05) is 35.4 Å². The van der Waals surface area contributed by atoms with Crippen LogP contribution in [0.25, 0.3) is 10.9 Å². The second-order valence-electron chi connectivity index (χ2n) is 7.66. The molecule has 1 aliphatic heterocycles. The summed E-state index contributed by atoms with van der Waals surface area (Å²) in [4.78, 5) is 18.3. The lowest BCUT2D eigenvalue weighted by Gasteiger charge is -2.32. The van der Waals surface area contributed by atoms with E-state index in [-0.39, 0.29) is 28.8 Å². The predicted molar refractivity (Wildman–Crippen MR) is 106 cm³/mol. The number of nitrogens with zero attached hydrogens (tertiary/aromatic N) is 1. The molecule has 28 heavy (non-hydrogen) atoms. The molecule has 0 unspecified atom stereocenters. The van der Waals surface area contributed by atoms with Gasteiger partial charge in [-0.1, -0.05) is 24.3 Å². The fourth-order valence-electron chi connectivity index (χ4n) is 4.56. The molecule has 7 heteroatoms. The lowest BCUT2D eigenvalue weighted by atomic mass is 10.0. The standard InChI is InChI=1S/C21H21N3O3S/c25-21(15-7-6-14-8-9-22-19(14)11-15)24-13-16-10-17(24)12-20(16)23-28(26,27)18-4-2-1-3-5-18/h1-9,11,16-17,20,22-23H,10,12-13H2/t16-,17-,20-/m0/s1. The smallest absolute Gasteiger partial charge is 0.254 e. The monoisotopic (exact) mass is 395 g/mol. The van der Waals surface area contributed by atoms with Gasteiger partial charge in [-0.2, -0.15) is 0 Å². The minimum absolute atomic E-state index is 0.0216. The van der Waals surface area contributed by atoms with E-state index < -0.39 is 10.0 Å². The lowest BCUT2D eigenvalue weighted by molar-refractivity contribution is 0.0691. The molecule has 1 saturated heterocycles. The number of likely N-dealkylation sites (tertiary alicyclic amines) is 1. The van der Waals surface area contributed by atoms with Gasteiger partial charge in [0.15, 0.2) is 0 Å². The van der Waals surface area contributed by atoms with Crippen molar-refractivity contribution in [3.63, 3.8) is 0 Å². The first-order valence-electron chi connectivity index (χ1n) is 9.47. The van der Waals surface area contributed by atoms with Crippen molar-refractivity contribution in [3.8, 4) is 0 Å². The Hall–Kier alpha value is -2.64. The third-order valence-corrected chi connectivity index (χ3v) is 7.47. The molecule has 2 heterocycles. The SMILES string of the molecule is O=C(c1ccc2cc[nH]c2c1)N1C[C@@H]2C[C@H]1C[C@@H]2NS(=O)(=O)c1ccccc1. The molecule has 2 aromatic carbocycles. The molecule has 5 rings (SSSR count). The van der Waals surface area contributed by atoms with E-state index in [4.69, 9.17) is 0 Å². The number of sulfonamides is 1. The average molecular weight is 395 g/mol. The number of piperidine rings is 1. The van der Waals surface area contributed by atoms with Gasteiger partial charge in [0, 0.05) is 35.9 Å². The highest BCUT2D eigenvalue weighted by Crippen LogP contribution is 2.39. The number of aromatic amines is 1. The van der Waals surface area contributed by atoms with Crippen LogP contribution in [-0.4, -0.2) is 42.8 Å². The van der Waals surface area contributed by atoms with Crippen LogP contribution in [0, 0.1) is 5.92 Å². The number of benzene rings is 2. The van der Waals surface area contributed by atoms with Gasteiger partial charge in [0.25, 0.3) is 5.91 Å². The van der Waals surface area contributed by atoms with Gasteiger partial charge in [-0.25, -0.2) is 13.1 Å². The number of fused-ring (bicyclic) bond motifs is 3. The molecule has 3 atom stereocenters. The van der Waals surface area contributed by atoms with Crippen molar-refractivity contribution in [1.82, 2.24) is 14.6 Å². The normalized spacial score (nSPS) is 24.1. The van der Waals surface area contributed by atoms with Gasteiger partial charge in [0.05, 0.1) is 4.90 Å². The van der Waals surface area contributed by atoms with Crippen molar-refractivity contribution in [2.75, 3.05) is 6.54 Å². The minimum atomic E-state index is -3.53. The summed E-state index contributed by atoms with van der Waals surface area (Å²) < 4.78 is 28.1. The van der Waals surface area contributed by atoms with E-state index in [0.29, 0.717) is 18.5 Å². The summed E-state index contributed by atoms with van der Waals surface area (Å²) in [6.45, 7) is 0.592. The number of aromatic nitrogens is 1. The molecule has 1 aromatic heterocycles. The number of hydrogen-bond acceptors (Lipinski definition) is 3. The third-order valence-electron chi connectivity index (χ3n) is 5.96. The highest BCUT2D eigenvalue weighted by Gasteiger charge is 2.47. The van der Waals surface area contributed by atoms with Crippen LogP contribution in [0.3, 0.4) is 0 Å². The molecule has 144 valence electrons. The molecule has 1 aliphatic carbocycles. The van der Waals surface area contributed by atoms with Gasteiger partial charge in [-0.15, -0.1) is 0 Å². The highest BCUT2D eigenvalue weighted by atomic mass is 32.2. The molecule has 0 radical (unpaired) electrons. The van der Waals surface area contributed by atoms with Gasteiger partial charge in [-0.3, -0.25) is 4.79 Å². The van der Waals surface area contributed by atoms with Crippen LogP contribution in [0.5, 0.6) is 0 Å². The molecule has 2 fully saturated rings. The summed E-state index contributed by atoms with van der Waals surface area (Å²) in [6.07, 6.45) is 3.37. The van der Waals surface area contributed by atoms with Gasteiger partial charge in [0.2, 0.25) is 10.0 Å². The van der Waals surface area contributed by atoms with Crippen LogP contribution < -0.4 is 4.72 Å². The van der Waals surface area contributed by atoms with Crippen molar-refractivity contribution in [3.05, 3.63) is 66.4 Å². The van der Waals surface area contributed by atoms with Crippen LogP contribution in [0.15, 0.2) is 65.7 Å². The molecular weight excluding hydrogens is 374 g/mol. The number of amides is 1. The Kier molecular flexibility index (Phi) is 4.03. The Morgan fingerprint density at radius 3 is 2.64 bits per heavy atom. The number of hydrogen-bond donors (Lipinski definition) is 2. The summed E-state index contributed by atoms with van der Waals surface area (Å²) in [5, 5.41) is 1.08. The largest absolute Gasteiger partial charge is 0.361 e. The van der Waals surface area contributed by atoms with Gasteiger partial charge >= 0.3 is 0 Å². The third kappa shape index (κ3) is 2.91. The summed E-state index contributed by atoms with van der Waals surface area (Å²) in [7, 11) is -3.53. The summed E-state index contributed by atoms with van der Waals surface area (Å²) in [6, 6.07) is 16.1. The topological polar surface area (TPSA) is 82.3 Å². The van der Waals surface area contributed by atoms with Crippen LogP contribution in [0.2, 0.25) is 0 Å². The first-order valence-corrected chi connectivity index (χ1v) is 10.9. The van der Waals surface area contributed by atoms with E-state index in [0.717, 1.165) is 17.3 Å². The Morgan fingerprint density at radius 2 is 1.89 bits per heavy atom. The van der Waals surface area contributed by atoms with Gasteiger partial charge in [-0.05, 0) is 54.5 Å². The number of rotatable bonds is 4. The zero-order valence-electron chi connectivity index (χ0n) is 15.2. The van der Waals surface area contributed by atoms with E-state index in [9.17, 15) is 13.2 Å². The lowest BCUT2D eigenvalue weighted by Crippen LogP contribution is -2.47. The Morgan fingerprint density at radius 1 is 1.07 bits per heavy atom. The average Bonchev–Trinajstić information content (AvgIpc) is 3.42. The number of H-pyrrole nitrogens is 1. The molecule has 6 nitrogen and oxygen atoms in total. The molecule has 1 saturated carbocycles. The van der Waals surface area contributed by atoms with E-state index in [1.165, 1.54) is 0 Å². The quantitative estimate of drug-likeness (QED) is 0.713. The fraction of sp³-hybridized carbons (Fsp3) is 0.286. The molecular formula is C21H21N3O3S. The first-order chi connectivity index (χ1) is 13.5. The predicted octanol–water partition coefficient (Wildman–Crippen LogP) is 2.75. The Balaban J connectivity index is 1.30. The van der Waals surface area contributed by atoms with Crippen molar-refractivity contribution in [1.29, 1.82) is 0 Å². The zero-order chi connectivity index (χ0) is 19.3. The van der Waals surface area contributed by atoms with Crippen molar-refractivity contribution in [2.24, 2.45) is 5.92 Å². The molecule has 2 N–H and O–H groups in total. The van der Waals surface area contributed by atoms with E-state index in [1.54, 1.807) is 30.3 Å². The molecule has 0 spiro atoms. The molecule has 2 bridgehead atoms. The maximum atomic E-state index is 13.0. The van der Waals surface area contributed by atoms with Crippen LogP contribution in [0.1, 0.15) is 23.2 Å². The van der Waals surface area contributed by atoms with Gasteiger partial charge in [0.1, 0.15) is 0 Å². The summed E-state index contributed by atoms with van der Waals surface area (Å²) >= 11 is 0. The maximum absolute atomic E-state index is 13.0. The summed E-state index contributed by atoms with van der Waals surface area (Å²) in [5.74, 6) is 0.176. The van der Waals surface area contributed by atoms with Crippen LogP contribution >= 0.6 is 0 Å². The van der Waals surface area contributed by atoms with Crippen molar-refractivity contribution >= 4 is 26.8 Å². The zero-order valence-corrected chi connectivity index (χ0v) is 16.0. The van der Waals surface area contributed by atoms with Crippen molar-refractivity contribution < 1.29 is 13.2 Å². The highest BCUT2D eigenvalue weighted by molar-refractivity contribution is 7.89. The molecule has 3 aromatic rings. The second kappa shape index (κ2) is 6.46. The van der Waals surface area contributed by atoms with Crippen LogP contribution in [-0.2, 0) is 10.0 Å². The number of carbonyl (C=O) groups excluding carboxylic acids is 1. The van der Waals surface area contributed by atoms with Gasteiger partial charge < -0.3 is 9.88 Å². The first kappa shape index (κ1) is 17.5. The molecule has 1 amide bonds. The minimum Gasteiger partial charge on any atom is -0.361 e. The van der Waals surface area contributed by atoms with Crippen LogP contribution in [0.4, 0.5) is 0 Å². The number of nitrogens with one attached hydrogen (secondary N) is 2. The number of carbonyl (C=O) groups is 1. The molecule has 2 aliphatic rings. The summed E-state index contributed by atoms with van der Waals surface area (Å²) in [5.41, 5.74) is 1.62. The van der Waals surface area contributed by atoms with E-state index >= 15 is 0 Å². The maximum Gasteiger partial charge on any atom is 0.254 e. The Bertz CT molecular complexity index is 1140. The fourth-order valence-corrected chi connectivity index (χ4v) is 5.90. The second-order valence-corrected chi connectivity index (χ2v) is 9.38.